The van der Waals surface area contributed by atoms with E-state index in [2.05, 4.69) is 12.2 Å². The van der Waals surface area contributed by atoms with E-state index in [4.69, 9.17) is 0 Å². The third kappa shape index (κ3) is 2.28. The molecule has 5 unspecified atom stereocenters. The van der Waals surface area contributed by atoms with E-state index in [1.54, 1.807) is 19.3 Å². The Labute approximate surface area is 107 Å². The van der Waals surface area contributed by atoms with E-state index in [0.717, 1.165) is 29.7 Å². The highest BCUT2D eigenvalue weighted by Gasteiger charge is 2.53. The first-order valence-corrected chi connectivity index (χ1v) is 8.13. The molecule has 0 amide bonds. The first-order chi connectivity index (χ1) is 8.40. The van der Waals surface area contributed by atoms with Crippen LogP contribution in [0.3, 0.4) is 0 Å². The molecule has 1 heteroatoms. The zero-order valence-corrected chi connectivity index (χ0v) is 11.5. The van der Waals surface area contributed by atoms with Crippen LogP contribution >= 0.6 is 0 Å². The third-order valence-corrected chi connectivity index (χ3v) is 5.87. The van der Waals surface area contributed by atoms with Gasteiger partial charge in [-0.05, 0) is 62.3 Å². The van der Waals surface area contributed by atoms with Crippen molar-refractivity contribution in [3.63, 3.8) is 0 Å². The van der Waals surface area contributed by atoms with Crippen LogP contribution in [0.15, 0.2) is 0 Å². The summed E-state index contributed by atoms with van der Waals surface area (Å²) in [5.41, 5.74) is 0. The lowest BCUT2D eigenvalue weighted by Gasteiger charge is -2.32. The van der Waals surface area contributed by atoms with Crippen molar-refractivity contribution in [3.05, 3.63) is 0 Å². The summed E-state index contributed by atoms with van der Waals surface area (Å²) in [6.07, 6.45) is 13.3. The Morgan fingerprint density at radius 1 is 0.941 bits per heavy atom. The van der Waals surface area contributed by atoms with Gasteiger partial charge < -0.3 is 5.32 Å². The van der Waals surface area contributed by atoms with Crippen LogP contribution in [0.5, 0.6) is 0 Å². The average Bonchev–Trinajstić information content (AvgIpc) is 3.00. The number of hydrogen-bond acceptors (Lipinski definition) is 1. The van der Waals surface area contributed by atoms with Crippen molar-refractivity contribution in [1.29, 1.82) is 0 Å². The summed E-state index contributed by atoms with van der Waals surface area (Å²) >= 11 is 0. The standard InChI is InChI=1S/C16H29N/c1-2-3-4-5-9-17-16-11-12-10-15(16)14-8-6-7-13(12)14/h12-17H,2-11H2,1H3. The molecule has 17 heavy (non-hydrogen) atoms. The van der Waals surface area contributed by atoms with E-state index < -0.39 is 0 Å². The van der Waals surface area contributed by atoms with Gasteiger partial charge in [-0.2, -0.15) is 0 Å². The molecule has 3 aliphatic carbocycles. The van der Waals surface area contributed by atoms with Crippen molar-refractivity contribution < 1.29 is 0 Å². The second-order valence-corrected chi connectivity index (χ2v) is 6.78. The third-order valence-electron chi connectivity index (χ3n) is 5.87. The van der Waals surface area contributed by atoms with Crippen molar-refractivity contribution in [2.45, 2.75) is 70.8 Å². The number of unbranched alkanes of at least 4 members (excludes halogenated alkanes) is 3. The molecule has 3 aliphatic rings. The molecule has 3 rings (SSSR count). The van der Waals surface area contributed by atoms with Gasteiger partial charge in [0.25, 0.3) is 0 Å². The van der Waals surface area contributed by atoms with Crippen molar-refractivity contribution in [2.75, 3.05) is 6.54 Å². The van der Waals surface area contributed by atoms with Gasteiger partial charge in [-0.15, -0.1) is 0 Å². The zero-order chi connectivity index (χ0) is 11.7. The predicted octanol–water partition coefficient (Wildman–Crippen LogP) is 3.98. The topological polar surface area (TPSA) is 12.0 Å². The number of rotatable bonds is 6. The summed E-state index contributed by atoms with van der Waals surface area (Å²) in [6, 6.07) is 0.904. The smallest absolute Gasteiger partial charge is 0.0101 e. The summed E-state index contributed by atoms with van der Waals surface area (Å²) < 4.78 is 0. The first kappa shape index (κ1) is 12.0. The van der Waals surface area contributed by atoms with Crippen LogP contribution in [0.2, 0.25) is 0 Å². The summed E-state index contributed by atoms with van der Waals surface area (Å²) in [4.78, 5) is 0. The monoisotopic (exact) mass is 235 g/mol. The summed E-state index contributed by atoms with van der Waals surface area (Å²) in [5, 5.41) is 3.88. The van der Waals surface area contributed by atoms with Gasteiger partial charge in [0.15, 0.2) is 0 Å². The van der Waals surface area contributed by atoms with E-state index in [1.165, 1.54) is 45.1 Å². The molecule has 3 fully saturated rings. The van der Waals surface area contributed by atoms with Gasteiger partial charge in [0.05, 0.1) is 0 Å². The van der Waals surface area contributed by atoms with Gasteiger partial charge in [0, 0.05) is 6.04 Å². The minimum Gasteiger partial charge on any atom is -0.314 e. The Bertz CT molecular complexity index is 250. The quantitative estimate of drug-likeness (QED) is 0.687. The Kier molecular flexibility index (Phi) is 3.75. The van der Waals surface area contributed by atoms with E-state index in [1.807, 2.05) is 0 Å². The number of nitrogens with one attached hydrogen (secondary N) is 1. The Morgan fingerprint density at radius 3 is 2.71 bits per heavy atom. The summed E-state index contributed by atoms with van der Waals surface area (Å²) in [6.45, 7) is 3.58. The maximum atomic E-state index is 3.88. The summed E-state index contributed by atoms with van der Waals surface area (Å²) in [7, 11) is 0. The van der Waals surface area contributed by atoms with Crippen LogP contribution in [-0.2, 0) is 0 Å². The van der Waals surface area contributed by atoms with Gasteiger partial charge in [-0.25, -0.2) is 0 Å². The molecule has 0 aliphatic heterocycles. The molecule has 0 radical (unpaired) electrons. The molecule has 0 aromatic heterocycles. The van der Waals surface area contributed by atoms with E-state index >= 15 is 0 Å². The molecule has 3 saturated carbocycles. The highest BCUT2D eigenvalue weighted by Crippen LogP contribution is 2.58. The maximum Gasteiger partial charge on any atom is 0.0101 e. The molecule has 0 spiro atoms. The van der Waals surface area contributed by atoms with E-state index in [9.17, 15) is 0 Å². The molecular weight excluding hydrogens is 206 g/mol. The lowest BCUT2D eigenvalue weighted by Crippen LogP contribution is -2.39. The molecule has 5 atom stereocenters. The van der Waals surface area contributed by atoms with Crippen LogP contribution in [0.1, 0.15) is 64.7 Å². The second kappa shape index (κ2) is 5.30. The van der Waals surface area contributed by atoms with Gasteiger partial charge in [0.2, 0.25) is 0 Å². The lowest BCUT2D eigenvalue weighted by atomic mass is 9.79. The SMILES string of the molecule is CCCCCCNC1CC2CC1C1CCCC21. The van der Waals surface area contributed by atoms with Crippen LogP contribution in [0.4, 0.5) is 0 Å². The molecule has 0 aromatic carbocycles. The van der Waals surface area contributed by atoms with Gasteiger partial charge in [-0.3, -0.25) is 0 Å². The molecular formula is C16H29N. The molecule has 2 bridgehead atoms. The van der Waals surface area contributed by atoms with Gasteiger partial charge in [0.1, 0.15) is 0 Å². The van der Waals surface area contributed by atoms with Gasteiger partial charge >= 0.3 is 0 Å². The maximum absolute atomic E-state index is 3.88. The largest absolute Gasteiger partial charge is 0.314 e. The Morgan fingerprint density at radius 2 is 1.82 bits per heavy atom. The molecule has 0 aromatic rings. The summed E-state index contributed by atoms with van der Waals surface area (Å²) in [5.74, 6) is 4.46. The molecule has 1 nitrogen and oxygen atoms in total. The molecule has 0 heterocycles. The minimum atomic E-state index is 0.904. The van der Waals surface area contributed by atoms with Crippen LogP contribution in [0.25, 0.3) is 0 Å². The van der Waals surface area contributed by atoms with Crippen LogP contribution in [0, 0.1) is 23.7 Å². The number of hydrogen-bond donors (Lipinski definition) is 1. The Hall–Kier alpha value is -0.0400. The minimum absolute atomic E-state index is 0.904. The normalized spacial score (nSPS) is 43.2. The van der Waals surface area contributed by atoms with Crippen molar-refractivity contribution >= 4 is 0 Å². The highest BCUT2D eigenvalue weighted by molar-refractivity contribution is 5.05. The second-order valence-electron chi connectivity index (χ2n) is 6.78. The number of fused-ring (bicyclic) bond motifs is 5. The first-order valence-electron chi connectivity index (χ1n) is 8.13. The fraction of sp³-hybridized carbons (Fsp3) is 1.00. The van der Waals surface area contributed by atoms with Crippen molar-refractivity contribution in [3.8, 4) is 0 Å². The van der Waals surface area contributed by atoms with Crippen molar-refractivity contribution in [2.24, 2.45) is 23.7 Å². The van der Waals surface area contributed by atoms with E-state index in [0.29, 0.717) is 0 Å². The molecule has 0 saturated heterocycles. The van der Waals surface area contributed by atoms with Gasteiger partial charge in [-0.1, -0.05) is 32.6 Å². The average molecular weight is 235 g/mol. The molecule has 98 valence electrons. The highest BCUT2D eigenvalue weighted by atomic mass is 14.9. The van der Waals surface area contributed by atoms with E-state index in [-0.39, 0.29) is 0 Å². The lowest BCUT2D eigenvalue weighted by molar-refractivity contribution is 0.208. The predicted molar refractivity (Wildman–Crippen MR) is 73.0 cm³/mol. The molecule has 1 N–H and O–H groups in total. The Balaban J connectivity index is 1.41. The van der Waals surface area contributed by atoms with Crippen LogP contribution < -0.4 is 5.32 Å². The fourth-order valence-electron chi connectivity index (χ4n) is 5.14. The van der Waals surface area contributed by atoms with Crippen LogP contribution in [-0.4, -0.2) is 12.6 Å². The zero-order valence-electron chi connectivity index (χ0n) is 11.5. The van der Waals surface area contributed by atoms with Crippen molar-refractivity contribution in [1.82, 2.24) is 5.32 Å². The fourth-order valence-corrected chi connectivity index (χ4v) is 5.14.